The van der Waals surface area contributed by atoms with Crippen LogP contribution in [0.5, 0.6) is 0 Å². The van der Waals surface area contributed by atoms with Gasteiger partial charge in [0.1, 0.15) is 0 Å². The molecule has 3 heterocycles. The standard InChI is InChI=1S/C13H20ClN5OS/c14-11-16-12(15-9-10-3-1-2-8-21-10)18-13(17-11)19-4-6-20-7-5-19/h10H,1-9H2,(H,15,16,17,18). The van der Waals surface area contributed by atoms with Gasteiger partial charge in [-0.1, -0.05) is 6.42 Å². The number of aromatic nitrogens is 3. The van der Waals surface area contributed by atoms with Crippen molar-refractivity contribution in [3.05, 3.63) is 5.28 Å². The predicted octanol–water partition coefficient (Wildman–Crippen LogP) is 2.06. The van der Waals surface area contributed by atoms with Crippen LogP contribution in [0.2, 0.25) is 5.28 Å². The van der Waals surface area contributed by atoms with E-state index >= 15 is 0 Å². The molecule has 21 heavy (non-hydrogen) atoms. The average molecular weight is 330 g/mol. The lowest BCUT2D eigenvalue weighted by atomic mass is 10.2. The molecule has 0 spiro atoms. The Morgan fingerprint density at radius 2 is 2.10 bits per heavy atom. The number of anilines is 2. The smallest absolute Gasteiger partial charge is 0.231 e. The van der Waals surface area contributed by atoms with Crippen LogP contribution in [0.1, 0.15) is 19.3 Å². The van der Waals surface area contributed by atoms with Gasteiger partial charge >= 0.3 is 0 Å². The van der Waals surface area contributed by atoms with E-state index < -0.39 is 0 Å². The Bertz CT molecular complexity index is 466. The Labute approximate surface area is 134 Å². The second-order valence-electron chi connectivity index (χ2n) is 5.20. The first kappa shape index (κ1) is 15.1. The maximum Gasteiger partial charge on any atom is 0.231 e. The predicted molar refractivity (Wildman–Crippen MR) is 86.5 cm³/mol. The molecule has 1 aromatic rings. The molecule has 0 radical (unpaired) electrons. The Balaban J connectivity index is 1.62. The number of halogens is 1. The van der Waals surface area contributed by atoms with E-state index in [0.717, 1.165) is 19.6 Å². The van der Waals surface area contributed by atoms with Gasteiger partial charge in [-0.25, -0.2) is 0 Å². The molecular formula is C13H20ClN5OS. The highest BCUT2D eigenvalue weighted by Crippen LogP contribution is 2.25. The lowest BCUT2D eigenvalue weighted by molar-refractivity contribution is 0.122. The van der Waals surface area contributed by atoms with E-state index in [1.54, 1.807) is 0 Å². The van der Waals surface area contributed by atoms with Crippen LogP contribution in [0.25, 0.3) is 0 Å². The monoisotopic (exact) mass is 329 g/mol. The van der Waals surface area contributed by atoms with Gasteiger partial charge in [-0.2, -0.15) is 26.7 Å². The lowest BCUT2D eigenvalue weighted by Gasteiger charge is -2.27. The van der Waals surface area contributed by atoms with E-state index in [1.165, 1.54) is 25.0 Å². The van der Waals surface area contributed by atoms with Crippen molar-refractivity contribution < 1.29 is 4.74 Å². The SMILES string of the molecule is Clc1nc(NCC2CCCCS2)nc(N2CCOCC2)n1. The molecule has 1 atom stereocenters. The first-order valence-electron chi connectivity index (χ1n) is 7.41. The third-order valence-electron chi connectivity index (χ3n) is 3.65. The molecule has 1 unspecified atom stereocenters. The fraction of sp³-hybridized carbons (Fsp3) is 0.769. The van der Waals surface area contributed by atoms with Gasteiger partial charge in [0, 0.05) is 24.9 Å². The number of ether oxygens (including phenoxy) is 1. The molecule has 0 bridgehead atoms. The quantitative estimate of drug-likeness (QED) is 0.907. The van der Waals surface area contributed by atoms with Crippen molar-refractivity contribution in [3.8, 4) is 0 Å². The van der Waals surface area contributed by atoms with E-state index in [4.69, 9.17) is 16.3 Å². The van der Waals surface area contributed by atoms with Crippen LogP contribution in [-0.4, -0.2) is 58.8 Å². The van der Waals surface area contributed by atoms with E-state index in [1.807, 2.05) is 11.8 Å². The summed E-state index contributed by atoms with van der Waals surface area (Å²) in [4.78, 5) is 15.0. The number of morpholine rings is 1. The molecule has 8 heteroatoms. The molecule has 1 aromatic heterocycles. The highest BCUT2D eigenvalue weighted by molar-refractivity contribution is 7.99. The summed E-state index contributed by atoms with van der Waals surface area (Å²) in [6.07, 6.45) is 3.91. The maximum absolute atomic E-state index is 6.03. The third-order valence-corrected chi connectivity index (χ3v) is 5.22. The molecule has 2 fully saturated rings. The Morgan fingerprint density at radius 1 is 1.24 bits per heavy atom. The van der Waals surface area contributed by atoms with Crippen molar-refractivity contribution in [1.29, 1.82) is 0 Å². The van der Waals surface area contributed by atoms with Crippen LogP contribution < -0.4 is 10.2 Å². The number of thioether (sulfide) groups is 1. The molecule has 2 saturated heterocycles. The summed E-state index contributed by atoms with van der Waals surface area (Å²) >= 11 is 8.05. The van der Waals surface area contributed by atoms with Crippen molar-refractivity contribution >= 4 is 35.3 Å². The summed E-state index contributed by atoms with van der Waals surface area (Å²) < 4.78 is 5.34. The van der Waals surface area contributed by atoms with Crippen LogP contribution in [0.15, 0.2) is 0 Å². The Kier molecular flexibility index (Phi) is 5.38. The number of rotatable bonds is 4. The molecule has 2 aliphatic rings. The second-order valence-corrected chi connectivity index (χ2v) is 6.94. The lowest BCUT2D eigenvalue weighted by Crippen LogP contribution is -2.37. The van der Waals surface area contributed by atoms with Crippen LogP contribution in [-0.2, 0) is 4.74 Å². The van der Waals surface area contributed by atoms with Gasteiger partial charge in [0.15, 0.2) is 0 Å². The summed E-state index contributed by atoms with van der Waals surface area (Å²) in [6, 6.07) is 0. The van der Waals surface area contributed by atoms with Crippen molar-refractivity contribution in [2.45, 2.75) is 24.5 Å². The molecule has 3 rings (SSSR count). The Hall–Kier alpha value is -0.790. The normalized spacial score (nSPS) is 23.1. The summed E-state index contributed by atoms with van der Waals surface area (Å²) in [5.74, 6) is 2.46. The molecule has 0 saturated carbocycles. The summed E-state index contributed by atoms with van der Waals surface area (Å²) in [5, 5.41) is 4.19. The van der Waals surface area contributed by atoms with Crippen LogP contribution in [0, 0.1) is 0 Å². The van der Waals surface area contributed by atoms with Crippen molar-refractivity contribution in [2.75, 3.05) is 48.8 Å². The van der Waals surface area contributed by atoms with Gasteiger partial charge in [0.05, 0.1) is 13.2 Å². The van der Waals surface area contributed by atoms with Crippen LogP contribution in [0.4, 0.5) is 11.9 Å². The molecule has 116 valence electrons. The van der Waals surface area contributed by atoms with Crippen molar-refractivity contribution in [2.24, 2.45) is 0 Å². The highest BCUT2D eigenvalue weighted by atomic mass is 35.5. The molecule has 0 aliphatic carbocycles. The minimum atomic E-state index is 0.241. The molecule has 0 aromatic carbocycles. The largest absolute Gasteiger partial charge is 0.378 e. The highest BCUT2D eigenvalue weighted by Gasteiger charge is 2.17. The van der Waals surface area contributed by atoms with Gasteiger partial charge in [-0.15, -0.1) is 0 Å². The van der Waals surface area contributed by atoms with Crippen LogP contribution in [0.3, 0.4) is 0 Å². The van der Waals surface area contributed by atoms with Gasteiger partial charge < -0.3 is 15.0 Å². The van der Waals surface area contributed by atoms with Gasteiger partial charge in [-0.05, 0) is 30.2 Å². The molecule has 6 nitrogen and oxygen atoms in total. The van der Waals surface area contributed by atoms with E-state index in [-0.39, 0.29) is 5.28 Å². The number of nitrogens with one attached hydrogen (secondary N) is 1. The summed E-state index contributed by atoms with van der Waals surface area (Å²) in [6.45, 7) is 3.86. The number of hydrogen-bond donors (Lipinski definition) is 1. The Morgan fingerprint density at radius 3 is 2.86 bits per heavy atom. The van der Waals surface area contributed by atoms with Crippen molar-refractivity contribution in [3.63, 3.8) is 0 Å². The zero-order valence-corrected chi connectivity index (χ0v) is 13.5. The fourth-order valence-corrected chi connectivity index (χ4v) is 3.89. The number of nitrogens with zero attached hydrogens (tertiary/aromatic N) is 4. The van der Waals surface area contributed by atoms with Gasteiger partial charge in [-0.3, -0.25) is 0 Å². The number of hydrogen-bond acceptors (Lipinski definition) is 7. The molecular weight excluding hydrogens is 310 g/mol. The summed E-state index contributed by atoms with van der Waals surface area (Å²) in [7, 11) is 0. The van der Waals surface area contributed by atoms with Gasteiger partial charge in [0.25, 0.3) is 0 Å². The second kappa shape index (κ2) is 7.47. The van der Waals surface area contributed by atoms with Crippen LogP contribution >= 0.6 is 23.4 Å². The van der Waals surface area contributed by atoms with E-state index in [2.05, 4.69) is 25.2 Å². The fourth-order valence-electron chi connectivity index (χ4n) is 2.50. The zero-order chi connectivity index (χ0) is 14.5. The van der Waals surface area contributed by atoms with Crippen molar-refractivity contribution in [1.82, 2.24) is 15.0 Å². The first-order chi connectivity index (χ1) is 10.3. The van der Waals surface area contributed by atoms with E-state index in [9.17, 15) is 0 Å². The summed E-state index contributed by atoms with van der Waals surface area (Å²) in [5.41, 5.74) is 0. The zero-order valence-electron chi connectivity index (χ0n) is 11.9. The maximum atomic E-state index is 6.03. The minimum absolute atomic E-state index is 0.241. The molecule has 0 amide bonds. The minimum Gasteiger partial charge on any atom is -0.378 e. The average Bonchev–Trinajstić information content (AvgIpc) is 2.54. The molecule has 2 aliphatic heterocycles. The van der Waals surface area contributed by atoms with E-state index in [0.29, 0.717) is 30.4 Å². The van der Waals surface area contributed by atoms with Gasteiger partial charge in [0.2, 0.25) is 17.2 Å². The molecule has 1 N–H and O–H groups in total. The third kappa shape index (κ3) is 4.34. The topological polar surface area (TPSA) is 63.2 Å². The first-order valence-corrected chi connectivity index (χ1v) is 8.84.